The van der Waals surface area contributed by atoms with Gasteiger partial charge in [-0.3, -0.25) is 4.79 Å². The molecule has 1 nitrogen and oxygen atoms in total. The molecule has 0 radical (unpaired) electrons. The molecule has 0 amide bonds. The molecule has 3 rings (SSSR count). The zero-order chi connectivity index (χ0) is 12.0. The lowest BCUT2D eigenvalue weighted by molar-refractivity contribution is -0.135. The van der Waals surface area contributed by atoms with Gasteiger partial charge in [0, 0.05) is 11.3 Å². The molecule has 2 bridgehead atoms. The first-order chi connectivity index (χ1) is 8.09. The maximum Gasteiger partial charge on any atom is 0.142 e. The van der Waals surface area contributed by atoms with Crippen LogP contribution in [0, 0.1) is 23.2 Å². The highest BCUT2D eigenvalue weighted by Crippen LogP contribution is 2.49. The van der Waals surface area contributed by atoms with E-state index in [1.807, 2.05) is 0 Å². The predicted molar refractivity (Wildman–Crippen MR) is 69.7 cm³/mol. The van der Waals surface area contributed by atoms with Crippen LogP contribution in [-0.2, 0) is 4.79 Å². The minimum atomic E-state index is -0.0762. The topological polar surface area (TPSA) is 17.1 Å². The molecule has 1 heteroatoms. The first-order valence-electron chi connectivity index (χ1n) is 7.31. The lowest BCUT2D eigenvalue weighted by Gasteiger charge is -2.33. The molecule has 0 N–H and O–H groups in total. The molecule has 94 valence electrons. The second-order valence-electron chi connectivity index (χ2n) is 6.92. The Morgan fingerprint density at radius 2 is 2.06 bits per heavy atom. The maximum absolute atomic E-state index is 12.8. The molecule has 3 atom stereocenters. The average Bonchev–Trinajstić information content (AvgIpc) is 2.93. The van der Waals surface area contributed by atoms with Crippen LogP contribution in [0.4, 0.5) is 0 Å². The standard InChI is InChI=1S/C16H24O/c1-16(2)13-9-7-11(10-13)6-8-12-4-3-5-14(12)15(16)17/h6,12-14H,3-5,7-10H2,1-2H3/t12-,13+,14-/m1/s1. The van der Waals surface area contributed by atoms with Crippen LogP contribution in [0.5, 0.6) is 0 Å². The summed E-state index contributed by atoms with van der Waals surface area (Å²) in [6.07, 6.45) is 11.0. The molecule has 2 fully saturated rings. The quantitative estimate of drug-likeness (QED) is 0.574. The number of Topliss-reactive ketones (excluding diaryl/α,β-unsaturated/α-hetero) is 1. The first-order valence-corrected chi connectivity index (χ1v) is 7.31. The Hall–Kier alpha value is -0.590. The Labute approximate surface area is 105 Å². The van der Waals surface area contributed by atoms with Gasteiger partial charge in [0.1, 0.15) is 5.78 Å². The summed E-state index contributed by atoms with van der Waals surface area (Å²) in [6.45, 7) is 4.42. The molecule has 0 unspecified atom stereocenters. The summed E-state index contributed by atoms with van der Waals surface area (Å²) in [5.41, 5.74) is 1.57. The number of allylic oxidation sites excluding steroid dienone is 2. The summed E-state index contributed by atoms with van der Waals surface area (Å²) in [4.78, 5) is 12.8. The number of hydrogen-bond acceptors (Lipinski definition) is 1. The van der Waals surface area contributed by atoms with Gasteiger partial charge in [0.05, 0.1) is 0 Å². The second-order valence-corrected chi connectivity index (χ2v) is 6.92. The number of fused-ring (bicyclic) bond motifs is 3. The Kier molecular flexibility index (Phi) is 2.68. The molecule has 0 aliphatic heterocycles. The van der Waals surface area contributed by atoms with Crippen LogP contribution in [-0.4, -0.2) is 5.78 Å². The third-order valence-corrected chi connectivity index (χ3v) is 5.68. The van der Waals surface area contributed by atoms with Crippen LogP contribution in [0.1, 0.15) is 58.8 Å². The molecule has 0 aromatic heterocycles. The van der Waals surface area contributed by atoms with Crippen molar-refractivity contribution in [2.24, 2.45) is 23.2 Å². The number of carbonyl (C=O) groups is 1. The van der Waals surface area contributed by atoms with Crippen molar-refractivity contribution >= 4 is 5.78 Å². The smallest absolute Gasteiger partial charge is 0.142 e. The van der Waals surface area contributed by atoms with Gasteiger partial charge in [-0.1, -0.05) is 31.9 Å². The van der Waals surface area contributed by atoms with E-state index in [1.54, 1.807) is 5.57 Å². The molecular formula is C16H24O. The predicted octanol–water partition coefficient (Wildman–Crippen LogP) is 4.13. The lowest BCUT2D eigenvalue weighted by atomic mass is 9.69. The van der Waals surface area contributed by atoms with E-state index in [0.29, 0.717) is 23.5 Å². The molecule has 3 aliphatic carbocycles. The molecule has 2 saturated carbocycles. The fourth-order valence-electron chi connectivity index (χ4n) is 4.34. The largest absolute Gasteiger partial charge is 0.299 e. The third-order valence-electron chi connectivity index (χ3n) is 5.68. The van der Waals surface area contributed by atoms with Gasteiger partial charge in [-0.2, -0.15) is 0 Å². The summed E-state index contributed by atoms with van der Waals surface area (Å²) in [6, 6.07) is 0. The van der Waals surface area contributed by atoms with Gasteiger partial charge in [0.25, 0.3) is 0 Å². The van der Waals surface area contributed by atoms with E-state index < -0.39 is 0 Å². The molecular weight excluding hydrogens is 208 g/mol. The molecule has 0 saturated heterocycles. The molecule has 3 aliphatic rings. The van der Waals surface area contributed by atoms with Gasteiger partial charge < -0.3 is 0 Å². The van der Waals surface area contributed by atoms with Crippen molar-refractivity contribution in [1.82, 2.24) is 0 Å². The Morgan fingerprint density at radius 3 is 2.88 bits per heavy atom. The van der Waals surface area contributed by atoms with E-state index in [-0.39, 0.29) is 5.41 Å². The van der Waals surface area contributed by atoms with Crippen molar-refractivity contribution in [3.05, 3.63) is 11.6 Å². The Balaban J connectivity index is 1.97. The monoisotopic (exact) mass is 232 g/mol. The number of ketones is 1. The average molecular weight is 232 g/mol. The van der Waals surface area contributed by atoms with Crippen LogP contribution in [0.15, 0.2) is 11.6 Å². The van der Waals surface area contributed by atoms with Gasteiger partial charge in [-0.25, -0.2) is 0 Å². The first kappa shape index (κ1) is 11.5. The SMILES string of the molecule is CC1(C)C(=O)[C@@H]2CCC[C@@H]2CC=C2CC[C@H]1C2. The molecule has 0 heterocycles. The molecule has 0 aromatic carbocycles. The van der Waals surface area contributed by atoms with Gasteiger partial charge in [0.2, 0.25) is 0 Å². The number of rotatable bonds is 0. The normalized spacial score (nSPS) is 40.2. The minimum Gasteiger partial charge on any atom is -0.299 e. The van der Waals surface area contributed by atoms with Crippen LogP contribution in [0.25, 0.3) is 0 Å². The maximum atomic E-state index is 12.8. The van der Waals surface area contributed by atoms with Crippen LogP contribution < -0.4 is 0 Å². The van der Waals surface area contributed by atoms with E-state index in [1.165, 1.54) is 38.5 Å². The number of carbonyl (C=O) groups excluding carboxylic acids is 1. The third kappa shape index (κ3) is 1.78. The summed E-state index contributed by atoms with van der Waals surface area (Å²) in [5.74, 6) is 2.23. The summed E-state index contributed by atoms with van der Waals surface area (Å²) >= 11 is 0. The highest BCUT2D eigenvalue weighted by atomic mass is 16.1. The molecule has 0 spiro atoms. The minimum absolute atomic E-state index is 0.0762. The van der Waals surface area contributed by atoms with E-state index in [9.17, 15) is 4.79 Å². The fraction of sp³-hybridized carbons (Fsp3) is 0.812. The Bertz CT molecular complexity index is 364. The highest BCUT2D eigenvalue weighted by molar-refractivity contribution is 5.87. The van der Waals surface area contributed by atoms with Crippen molar-refractivity contribution in [2.45, 2.75) is 58.8 Å². The van der Waals surface area contributed by atoms with E-state index in [0.717, 1.165) is 6.42 Å². The van der Waals surface area contributed by atoms with Crippen molar-refractivity contribution < 1.29 is 4.79 Å². The van der Waals surface area contributed by atoms with Crippen molar-refractivity contribution in [2.75, 3.05) is 0 Å². The van der Waals surface area contributed by atoms with Gasteiger partial charge >= 0.3 is 0 Å². The fourth-order valence-corrected chi connectivity index (χ4v) is 4.34. The van der Waals surface area contributed by atoms with Crippen molar-refractivity contribution in [3.8, 4) is 0 Å². The zero-order valence-corrected chi connectivity index (χ0v) is 11.2. The lowest BCUT2D eigenvalue weighted by Crippen LogP contribution is -2.37. The van der Waals surface area contributed by atoms with E-state index in [2.05, 4.69) is 19.9 Å². The zero-order valence-electron chi connectivity index (χ0n) is 11.2. The summed E-state index contributed by atoms with van der Waals surface area (Å²) in [5, 5.41) is 0. The van der Waals surface area contributed by atoms with E-state index in [4.69, 9.17) is 0 Å². The highest BCUT2D eigenvalue weighted by Gasteiger charge is 2.46. The van der Waals surface area contributed by atoms with Gasteiger partial charge in [-0.15, -0.1) is 0 Å². The van der Waals surface area contributed by atoms with Gasteiger partial charge in [-0.05, 0) is 50.4 Å². The van der Waals surface area contributed by atoms with Crippen molar-refractivity contribution in [3.63, 3.8) is 0 Å². The van der Waals surface area contributed by atoms with Crippen LogP contribution in [0.2, 0.25) is 0 Å². The Morgan fingerprint density at radius 1 is 1.24 bits per heavy atom. The molecule has 17 heavy (non-hydrogen) atoms. The van der Waals surface area contributed by atoms with Crippen molar-refractivity contribution in [1.29, 1.82) is 0 Å². The van der Waals surface area contributed by atoms with Crippen LogP contribution >= 0.6 is 0 Å². The molecule has 0 aromatic rings. The summed E-state index contributed by atoms with van der Waals surface area (Å²) in [7, 11) is 0. The van der Waals surface area contributed by atoms with Crippen LogP contribution in [0.3, 0.4) is 0 Å². The van der Waals surface area contributed by atoms with Gasteiger partial charge in [0.15, 0.2) is 0 Å². The number of hydrogen-bond donors (Lipinski definition) is 0. The second kappa shape index (κ2) is 3.96. The summed E-state index contributed by atoms with van der Waals surface area (Å²) < 4.78 is 0. The van der Waals surface area contributed by atoms with E-state index >= 15 is 0 Å².